The first-order valence-electron chi connectivity index (χ1n) is 12.4. The number of likely N-dealkylation sites (tertiary alicyclic amines) is 2. The van der Waals surface area contributed by atoms with Gasteiger partial charge in [0.05, 0.1) is 6.04 Å². The molecule has 172 valence electrons. The van der Waals surface area contributed by atoms with Crippen LogP contribution in [0, 0.1) is 10.8 Å². The average Bonchev–Trinajstić information content (AvgIpc) is 2.97. The van der Waals surface area contributed by atoms with E-state index >= 15 is 0 Å². The molecule has 4 heteroatoms. The number of benzene rings is 2. The van der Waals surface area contributed by atoms with E-state index in [9.17, 15) is 5.11 Å². The topological polar surface area (TPSA) is 35.9 Å². The van der Waals surface area contributed by atoms with Gasteiger partial charge in [-0.25, -0.2) is 0 Å². The third-order valence-electron chi connectivity index (χ3n) is 10.7. The van der Waals surface area contributed by atoms with Gasteiger partial charge in [0.1, 0.15) is 11.4 Å². The molecule has 2 aliphatic heterocycles. The molecule has 0 aromatic heterocycles. The zero-order valence-electron chi connectivity index (χ0n) is 20.1. The molecule has 2 unspecified atom stereocenters. The number of fused-ring (bicyclic) bond motifs is 1. The number of hydrogen-bond donors (Lipinski definition) is 1. The van der Waals surface area contributed by atoms with Crippen LogP contribution < -0.4 is 0 Å². The highest BCUT2D eigenvalue weighted by Crippen LogP contribution is 2.79. The molecule has 4 aliphatic carbocycles. The standard InChI is InChI=1S/C29H34N2O2/c1-26-18-27-12-13-29(26,33-4)25(31(3)24(26)19-8-6-5-7-9-19)28(27)14-15-30(2)23(27)16-20-10-11-21(32)17-22(20)28/h5-13,17,23-25,32H,14-16,18H2,1-4H3/t23?,24-,25-,26-,27+,28?,29-/m0/s1. The molecule has 6 bridgehead atoms. The zero-order valence-corrected chi connectivity index (χ0v) is 20.1. The number of ether oxygens (including phenoxy) is 1. The predicted molar refractivity (Wildman–Crippen MR) is 129 cm³/mol. The molecule has 7 atom stereocenters. The summed E-state index contributed by atoms with van der Waals surface area (Å²) in [6.45, 7) is 3.56. The largest absolute Gasteiger partial charge is 0.508 e. The van der Waals surface area contributed by atoms with Crippen LogP contribution in [-0.4, -0.2) is 60.3 Å². The van der Waals surface area contributed by atoms with Crippen LogP contribution in [0.25, 0.3) is 0 Å². The maximum absolute atomic E-state index is 10.7. The quantitative estimate of drug-likeness (QED) is 0.704. The minimum absolute atomic E-state index is 0.0261. The lowest BCUT2D eigenvalue weighted by molar-refractivity contribution is -0.197. The first kappa shape index (κ1) is 20.3. The Hall–Kier alpha value is -2.14. The monoisotopic (exact) mass is 442 g/mol. The molecule has 1 spiro atoms. The Kier molecular flexibility index (Phi) is 3.74. The van der Waals surface area contributed by atoms with Crippen molar-refractivity contribution in [2.45, 2.75) is 55.3 Å². The molecule has 0 radical (unpaired) electrons. The van der Waals surface area contributed by atoms with Crippen LogP contribution in [0.1, 0.15) is 42.5 Å². The minimum atomic E-state index is -0.370. The van der Waals surface area contributed by atoms with Gasteiger partial charge in [-0.15, -0.1) is 0 Å². The molecule has 1 N–H and O–H groups in total. The van der Waals surface area contributed by atoms with Crippen molar-refractivity contribution in [3.63, 3.8) is 0 Å². The summed E-state index contributed by atoms with van der Waals surface area (Å²) in [5, 5.41) is 10.7. The fraction of sp³-hybridized carbons (Fsp3) is 0.517. The molecule has 2 saturated heterocycles. The van der Waals surface area contributed by atoms with E-state index in [0.29, 0.717) is 11.8 Å². The van der Waals surface area contributed by atoms with Gasteiger partial charge in [0.2, 0.25) is 0 Å². The first-order valence-corrected chi connectivity index (χ1v) is 12.4. The SMILES string of the molecule is CO[C@]12C=C[C@]34C[C@@]1(C)[C@H](c1ccccc1)N(C)[C@H]2C31CCN(C)C4Cc2ccc(O)cc21. The second-order valence-corrected chi connectivity index (χ2v) is 11.6. The molecule has 33 heavy (non-hydrogen) atoms. The van der Waals surface area contributed by atoms with Crippen LogP contribution in [0.15, 0.2) is 60.7 Å². The molecule has 3 fully saturated rings. The van der Waals surface area contributed by atoms with Crippen LogP contribution in [0.4, 0.5) is 0 Å². The van der Waals surface area contributed by atoms with E-state index in [2.05, 4.69) is 85.4 Å². The van der Waals surface area contributed by atoms with E-state index in [4.69, 9.17) is 4.74 Å². The van der Waals surface area contributed by atoms with Crippen molar-refractivity contribution >= 4 is 0 Å². The summed E-state index contributed by atoms with van der Waals surface area (Å²) in [5.74, 6) is 0.385. The predicted octanol–water partition coefficient (Wildman–Crippen LogP) is 4.30. The molecule has 2 aromatic carbocycles. The Bertz CT molecular complexity index is 1180. The normalized spacial score (nSPS) is 45.2. The maximum Gasteiger partial charge on any atom is 0.115 e. The van der Waals surface area contributed by atoms with Crippen molar-refractivity contribution in [2.75, 3.05) is 27.7 Å². The molecule has 2 aromatic rings. The summed E-state index contributed by atoms with van der Waals surface area (Å²) in [6, 6.07) is 18.1. The van der Waals surface area contributed by atoms with Gasteiger partial charge in [-0.05, 0) is 68.7 Å². The van der Waals surface area contributed by atoms with Crippen molar-refractivity contribution in [3.8, 4) is 5.75 Å². The van der Waals surface area contributed by atoms with Crippen molar-refractivity contribution < 1.29 is 9.84 Å². The maximum atomic E-state index is 10.7. The van der Waals surface area contributed by atoms with Crippen molar-refractivity contribution in [1.82, 2.24) is 9.80 Å². The summed E-state index contributed by atoms with van der Waals surface area (Å²) >= 11 is 0. The van der Waals surface area contributed by atoms with E-state index in [0.717, 1.165) is 25.8 Å². The molecule has 6 aliphatic rings. The number of hydrogen-bond acceptors (Lipinski definition) is 4. The highest BCUT2D eigenvalue weighted by atomic mass is 16.5. The van der Waals surface area contributed by atoms with Gasteiger partial charge < -0.3 is 14.7 Å². The Balaban J connectivity index is 1.58. The van der Waals surface area contributed by atoms with E-state index in [-0.39, 0.29) is 33.9 Å². The lowest BCUT2D eigenvalue weighted by atomic mass is 9.34. The number of aromatic hydroxyl groups is 1. The van der Waals surface area contributed by atoms with Gasteiger partial charge in [0.15, 0.2) is 0 Å². The van der Waals surface area contributed by atoms with Crippen LogP contribution in [0.5, 0.6) is 5.75 Å². The van der Waals surface area contributed by atoms with Crippen molar-refractivity contribution in [2.24, 2.45) is 10.8 Å². The fourth-order valence-corrected chi connectivity index (χ4v) is 9.84. The van der Waals surface area contributed by atoms with Gasteiger partial charge >= 0.3 is 0 Å². The summed E-state index contributed by atoms with van der Waals surface area (Å²) in [7, 11) is 6.57. The van der Waals surface area contributed by atoms with Crippen LogP contribution in [-0.2, 0) is 16.6 Å². The third kappa shape index (κ3) is 1.96. The summed E-state index contributed by atoms with van der Waals surface area (Å²) in [6.07, 6.45) is 8.23. The van der Waals surface area contributed by atoms with Crippen LogP contribution in [0.3, 0.4) is 0 Å². The number of phenols is 1. The van der Waals surface area contributed by atoms with Gasteiger partial charge in [-0.3, -0.25) is 4.90 Å². The average molecular weight is 443 g/mol. The number of piperidine rings is 1. The fourth-order valence-electron chi connectivity index (χ4n) is 9.84. The van der Waals surface area contributed by atoms with E-state index in [1.165, 1.54) is 16.7 Å². The Labute approximate surface area is 196 Å². The molecular formula is C29H34N2O2. The van der Waals surface area contributed by atoms with E-state index in [1.54, 1.807) is 0 Å². The van der Waals surface area contributed by atoms with Crippen molar-refractivity contribution in [1.29, 1.82) is 0 Å². The number of phenolic OH excluding ortho intramolecular Hbond substituents is 1. The van der Waals surface area contributed by atoms with E-state index in [1.807, 2.05) is 13.2 Å². The van der Waals surface area contributed by atoms with Gasteiger partial charge in [0, 0.05) is 35.4 Å². The van der Waals surface area contributed by atoms with Crippen LogP contribution in [0.2, 0.25) is 0 Å². The molecular weight excluding hydrogens is 408 g/mol. The number of rotatable bonds is 2. The summed E-state index contributed by atoms with van der Waals surface area (Å²) < 4.78 is 6.68. The first-order chi connectivity index (χ1) is 15.8. The number of methoxy groups -OCH3 is 1. The summed E-state index contributed by atoms with van der Waals surface area (Å²) in [4.78, 5) is 5.27. The van der Waals surface area contributed by atoms with E-state index < -0.39 is 0 Å². The number of nitrogens with zero attached hydrogens (tertiary/aromatic N) is 2. The minimum Gasteiger partial charge on any atom is -0.508 e. The Morgan fingerprint density at radius 1 is 1.06 bits per heavy atom. The second kappa shape index (κ2) is 6.10. The highest BCUT2D eigenvalue weighted by molar-refractivity contribution is 5.57. The lowest BCUT2D eigenvalue weighted by Crippen LogP contribution is -2.80. The molecule has 4 nitrogen and oxygen atoms in total. The van der Waals surface area contributed by atoms with Crippen molar-refractivity contribution in [3.05, 3.63) is 77.4 Å². The molecule has 0 amide bonds. The third-order valence-corrected chi connectivity index (χ3v) is 10.7. The lowest BCUT2D eigenvalue weighted by Gasteiger charge is -2.74. The van der Waals surface area contributed by atoms with Crippen LogP contribution >= 0.6 is 0 Å². The molecule has 8 rings (SSSR count). The highest BCUT2D eigenvalue weighted by Gasteiger charge is 2.83. The van der Waals surface area contributed by atoms with Gasteiger partial charge in [-0.1, -0.05) is 55.5 Å². The zero-order chi connectivity index (χ0) is 22.8. The smallest absolute Gasteiger partial charge is 0.115 e. The summed E-state index contributed by atoms with van der Waals surface area (Å²) in [5.41, 5.74) is 3.67. The Morgan fingerprint density at radius 2 is 1.85 bits per heavy atom. The molecule has 2 heterocycles. The molecule has 1 saturated carbocycles. The number of likely N-dealkylation sites (N-methyl/N-ethyl adjacent to an activating group) is 2. The second-order valence-electron chi connectivity index (χ2n) is 11.6. The Morgan fingerprint density at radius 3 is 2.61 bits per heavy atom. The van der Waals surface area contributed by atoms with Gasteiger partial charge in [0.25, 0.3) is 0 Å². The van der Waals surface area contributed by atoms with Gasteiger partial charge in [-0.2, -0.15) is 0 Å².